The molecule has 0 amide bonds. The molecule has 3 aromatic rings. The van der Waals surface area contributed by atoms with Gasteiger partial charge in [0.15, 0.2) is 5.82 Å². The number of halogens is 1. The van der Waals surface area contributed by atoms with Gasteiger partial charge in [0.25, 0.3) is 0 Å². The molecule has 0 radical (unpaired) electrons. The van der Waals surface area contributed by atoms with E-state index in [2.05, 4.69) is 57.7 Å². The first kappa shape index (κ1) is 16.0. The summed E-state index contributed by atoms with van der Waals surface area (Å²) in [4.78, 5) is 10.3. The van der Waals surface area contributed by atoms with Gasteiger partial charge in [-0.25, -0.2) is 9.97 Å². The summed E-state index contributed by atoms with van der Waals surface area (Å²) in [6.07, 6.45) is 1.80. The van der Waals surface area contributed by atoms with E-state index in [1.54, 1.807) is 6.20 Å². The van der Waals surface area contributed by atoms with Gasteiger partial charge in [-0.3, -0.25) is 0 Å². The van der Waals surface area contributed by atoms with Gasteiger partial charge < -0.3 is 4.72 Å². The van der Waals surface area contributed by atoms with E-state index in [1.165, 1.54) is 23.1 Å². The Hall–Kier alpha value is -1.85. The molecule has 1 aromatic heterocycles. The third-order valence-corrected chi connectivity index (χ3v) is 4.86. The third-order valence-electron chi connectivity index (χ3n) is 3.47. The number of hydrogen-bond donors (Lipinski definition) is 1. The highest BCUT2D eigenvalue weighted by atomic mass is 79.9. The molecule has 23 heavy (non-hydrogen) atoms. The molecule has 1 N–H and O–H groups in total. The van der Waals surface area contributed by atoms with Gasteiger partial charge in [0, 0.05) is 10.5 Å². The molecule has 3 rings (SSSR count). The van der Waals surface area contributed by atoms with Gasteiger partial charge in [-0.05, 0) is 65.0 Å². The highest BCUT2D eigenvalue weighted by molar-refractivity contribution is 9.10. The predicted molar refractivity (Wildman–Crippen MR) is 101 cm³/mol. The average molecular weight is 386 g/mol. The van der Waals surface area contributed by atoms with Crippen LogP contribution in [0.1, 0.15) is 11.1 Å². The number of rotatable bonds is 4. The molecule has 0 fully saturated rings. The number of aromatic nitrogens is 2. The number of nitrogens with zero attached hydrogens (tertiary/aromatic N) is 2. The topological polar surface area (TPSA) is 37.8 Å². The van der Waals surface area contributed by atoms with Crippen molar-refractivity contribution in [3.05, 3.63) is 70.5 Å². The maximum Gasteiger partial charge on any atom is 0.170 e. The zero-order valence-corrected chi connectivity index (χ0v) is 15.3. The number of anilines is 1. The summed E-state index contributed by atoms with van der Waals surface area (Å²) in [5.74, 6) is 0.721. The van der Waals surface area contributed by atoms with Crippen molar-refractivity contribution in [2.45, 2.75) is 18.7 Å². The van der Waals surface area contributed by atoms with E-state index in [0.717, 1.165) is 22.0 Å². The van der Waals surface area contributed by atoms with Gasteiger partial charge in [0.1, 0.15) is 4.60 Å². The quantitative estimate of drug-likeness (QED) is 0.589. The summed E-state index contributed by atoms with van der Waals surface area (Å²) in [5, 5.41) is 0. The van der Waals surface area contributed by atoms with Gasteiger partial charge in [-0.1, -0.05) is 36.4 Å². The Bertz CT molecular complexity index is 802. The van der Waals surface area contributed by atoms with Crippen LogP contribution in [0.15, 0.2) is 64.2 Å². The second-order valence-electron chi connectivity index (χ2n) is 5.18. The van der Waals surface area contributed by atoms with E-state index in [9.17, 15) is 0 Å². The van der Waals surface area contributed by atoms with Crippen molar-refractivity contribution in [2.75, 3.05) is 4.72 Å². The molecule has 0 saturated heterocycles. The van der Waals surface area contributed by atoms with Crippen molar-refractivity contribution in [3.8, 4) is 11.3 Å². The summed E-state index contributed by atoms with van der Waals surface area (Å²) in [7, 11) is 0. The number of benzene rings is 2. The van der Waals surface area contributed by atoms with Crippen LogP contribution in [0.2, 0.25) is 0 Å². The molecule has 0 spiro atoms. The molecule has 2 aromatic carbocycles. The van der Waals surface area contributed by atoms with Crippen LogP contribution in [-0.4, -0.2) is 9.97 Å². The van der Waals surface area contributed by atoms with Crippen LogP contribution in [0.4, 0.5) is 5.82 Å². The number of nitrogens with one attached hydrogen (secondary N) is 1. The molecule has 1 heterocycles. The molecule has 3 nitrogen and oxygen atoms in total. The number of hydrogen-bond acceptors (Lipinski definition) is 4. The monoisotopic (exact) mass is 385 g/mol. The average Bonchev–Trinajstić information content (AvgIpc) is 2.56. The van der Waals surface area contributed by atoms with E-state index in [1.807, 2.05) is 30.3 Å². The van der Waals surface area contributed by atoms with Crippen molar-refractivity contribution in [3.63, 3.8) is 0 Å². The maximum atomic E-state index is 4.74. The van der Waals surface area contributed by atoms with Crippen LogP contribution >= 0.6 is 27.9 Å². The van der Waals surface area contributed by atoms with Gasteiger partial charge in [-0.2, -0.15) is 0 Å². The zero-order valence-electron chi connectivity index (χ0n) is 12.9. The minimum atomic E-state index is 0.705. The summed E-state index contributed by atoms with van der Waals surface area (Å²) in [6, 6.07) is 16.4. The van der Waals surface area contributed by atoms with E-state index < -0.39 is 0 Å². The van der Waals surface area contributed by atoms with Gasteiger partial charge in [0.05, 0.1) is 11.9 Å². The Morgan fingerprint density at radius 3 is 2.35 bits per heavy atom. The van der Waals surface area contributed by atoms with Crippen LogP contribution in [-0.2, 0) is 0 Å². The first-order chi connectivity index (χ1) is 11.1. The van der Waals surface area contributed by atoms with Crippen molar-refractivity contribution < 1.29 is 0 Å². The minimum absolute atomic E-state index is 0.705. The summed E-state index contributed by atoms with van der Waals surface area (Å²) < 4.78 is 3.98. The fourth-order valence-corrected chi connectivity index (χ4v) is 3.45. The van der Waals surface area contributed by atoms with E-state index >= 15 is 0 Å². The molecule has 0 bridgehead atoms. The smallest absolute Gasteiger partial charge is 0.170 e. The Balaban J connectivity index is 1.90. The van der Waals surface area contributed by atoms with E-state index in [4.69, 9.17) is 4.98 Å². The number of aryl methyl sites for hydroxylation is 2. The van der Waals surface area contributed by atoms with Gasteiger partial charge in [-0.15, -0.1) is 0 Å². The zero-order chi connectivity index (χ0) is 16.2. The maximum absolute atomic E-state index is 4.74. The van der Waals surface area contributed by atoms with Crippen molar-refractivity contribution in [2.24, 2.45) is 0 Å². The van der Waals surface area contributed by atoms with E-state index in [-0.39, 0.29) is 0 Å². The molecule has 116 valence electrons. The summed E-state index contributed by atoms with van der Waals surface area (Å²) in [5.41, 5.74) is 4.41. The van der Waals surface area contributed by atoms with Crippen molar-refractivity contribution in [1.82, 2.24) is 9.97 Å². The second kappa shape index (κ2) is 7.15. The van der Waals surface area contributed by atoms with Crippen LogP contribution in [0.5, 0.6) is 0 Å². The van der Waals surface area contributed by atoms with Crippen molar-refractivity contribution in [1.29, 1.82) is 0 Å². The van der Waals surface area contributed by atoms with Crippen LogP contribution in [0.3, 0.4) is 0 Å². The highest BCUT2D eigenvalue weighted by Gasteiger charge is 2.11. The lowest BCUT2D eigenvalue weighted by Crippen LogP contribution is -1.98. The lowest BCUT2D eigenvalue weighted by atomic mass is 10.0. The molecule has 0 unspecified atom stereocenters. The third kappa shape index (κ3) is 3.74. The highest BCUT2D eigenvalue weighted by Crippen LogP contribution is 2.30. The normalized spacial score (nSPS) is 10.6. The summed E-state index contributed by atoms with van der Waals surface area (Å²) >= 11 is 4.98. The molecule has 0 aliphatic carbocycles. The molecule has 5 heteroatoms. The second-order valence-corrected chi connectivity index (χ2v) is 6.81. The fraction of sp³-hybridized carbons (Fsp3) is 0.111. The Labute approximate surface area is 148 Å². The van der Waals surface area contributed by atoms with Crippen LogP contribution in [0, 0.1) is 13.8 Å². The summed E-state index contributed by atoms with van der Waals surface area (Å²) in [6.45, 7) is 4.19. The van der Waals surface area contributed by atoms with Gasteiger partial charge >= 0.3 is 0 Å². The van der Waals surface area contributed by atoms with Gasteiger partial charge in [0.2, 0.25) is 0 Å². The standard InChI is InChI=1S/C18H16BrN3S/c1-12-7-6-8-13(2)16(12)15-11-20-17(19)18(21-15)22-23-14-9-4-3-5-10-14/h3-11H,1-2H3,(H,21,22). The Kier molecular flexibility index (Phi) is 4.98. The Morgan fingerprint density at radius 1 is 0.957 bits per heavy atom. The molecule has 0 aliphatic rings. The van der Waals surface area contributed by atoms with Crippen molar-refractivity contribution >= 4 is 33.7 Å². The molecule has 0 saturated carbocycles. The predicted octanol–water partition coefficient (Wildman–Crippen LogP) is 5.64. The largest absolute Gasteiger partial charge is 0.308 e. The minimum Gasteiger partial charge on any atom is -0.308 e. The van der Waals surface area contributed by atoms with Crippen LogP contribution < -0.4 is 4.72 Å². The first-order valence-electron chi connectivity index (χ1n) is 7.22. The van der Waals surface area contributed by atoms with Crippen LogP contribution in [0.25, 0.3) is 11.3 Å². The SMILES string of the molecule is Cc1cccc(C)c1-c1cnc(Br)c(NSc2ccccc2)n1. The molecular weight excluding hydrogens is 370 g/mol. The lowest BCUT2D eigenvalue weighted by Gasteiger charge is -2.12. The van der Waals surface area contributed by atoms with E-state index in [0.29, 0.717) is 4.60 Å². The fourth-order valence-electron chi connectivity index (χ4n) is 2.37. The first-order valence-corrected chi connectivity index (χ1v) is 8.83. The molecule has 0 aliphatic heterocycles. The molecule has 0 atom stereocenters. The molecular formula is C18H16BrN3S. The lowest BCUT2D eigenvalue weighted by molar-refractivity contribution is 1.17. The Morgan fingerprint density at radius 2 is 1.65 bits per heavy atom.